The van der Waals surface area contributed by atoms with Crippen molar-refractivity contribution in [2.75, 3.05) is 0 Å². The Balaban J connectivity index is 1.51. The first-order valence-corrected chi connectivity index (χ1v) is 13.4. The van der Waals surface area contributed by atoms with Gasteiger partial charge in [-0.25, -0.2) is 9.18 Å². The van der Waals surface area contributed by atoms with Gasteiger partial charge in [0.2, 0.25) is 0 Å². The molecule has 1 N–H and O–H groups in total. The first-order valence-electron chi connectivity index (χ1n) is 12.6. The van der Waals surface area contributed by atoms with Crippen molar-refractivity contribution >= 4 is 17.3 Å². The Hall–Kier alpha value is -3.69. The Kier molecular flexibility index (Phi) is 8.95. The van der Waals surface area contributed by atoms with Gasteiger partial charge < -0.3 is 14.6 Å². The van der Waals surface area contributed by atoms with E-state index in [1.54, 1.807) is 6.07 Å². The third-order valence-corrected chi connectivity index (χ3v) is 7.53. The molecule has 9 heteroatoms. The molecular weight excluding hydrogens is 544 g/mol. The number of benzene rings is 3. The zero-order valence-corrected chi connectivity index (χ0v) is 22.7. The highest BCUT2D eigenvalue weighted by Gasteiger charge is 2.31. The topological polar surface area (TPSA) is 55.8 Å². The van der Waals surface area contributed by atoms with Crippen LogP contribution in [0.5, 0.6) is 5.75 Å². The first kappa shape index (κ1) is 29.3. The average Bonchev–Trinajstić information content (AvgIpc) is 3.40. The Morgan fingerprint density at radius 2 is 1.62 bits per heavy atom. The molecular formula is C31H28F4O4S. The van der Waals surface area contributed by atoms with Gasteiger partial charge >= 0.3 is 12.1 Å². The van der Waals surface area contributed by atoms with Crippen molar-refractivity contribution in [2.24, 2.45) is 0 Å². The van der Waals surface area contributed by atoms with Crippen LogP contribution in [0.4, 0.5) is 17.6 Å². The Bertz CT molecular complexity index is 1430. The maximum atomic E-state index is 14.7. The van der Waals surface area contributed by atoms with E-state index in [-0.39, 0.29) is 11.9 Å². The molecule has 40 heavy (non-hydrogen) atoms. The van der Waals surface area contributed by atoms with E-state index < -0.39 is 29.1 Å². The summed E-state index contributed by atoms with van der Waals surface area (Å²) >= 11 is 1.44. The van der Waals surface area contributed by atoms with Gasteiger partial charge in [0, 0.05) is 9.75 Å². The van der Waals surface area contributed by atoms with Crippen LogP contribution in [0.3, 0.4) is 0 Å². The van der Waals surface area contributed by atoms with Crippen molar-refractivity contribution in [1.82, 2.24) is 0 Å². The molecule has 1 heterocycles. The van der Waals surface area contributed by atoms with E-state index in [0.717, 1.165) is 27.5 Å². The molecule has 1 unspecified atom stereocenters. The van der Waals surface area contributed by atoms with Crippen LogP contribution in [0.15, 0.2) is 84.9 Å². The number of carboxylic acid groups (broad SMARTS) is 1. The van der Waals surface area contributed by atoms with Crippen molar-refractivity contribution < 1.29 is 36.9 Å². The molecule has 210 valence electrons. The van der Waals surface area contributed by atoms with Crippen LogP contribution in [0.2, 0.25) is 0 Å². The third kappa shape index (κ3) is 7.49. The zero-order chi connectivity index (χ0) is 28.9. The Morgan fingerprint density at radius 3 is 2.25 bits per heavy atom. The smallest absolute Gasteiger partial charge is 0.416 e. The molecule has 0 aliphatic carbocycles. The monoisotopic (exact) mass is 572 g/mol. The SMILES string of the molecule is CC(C)(Oc1ccc(CCC(OCc2ccccc2)c2ccc(-c3ccc(C(F)(F)F)cc3)s2)cc1F)C(=O)O. The molecule has 0 saturated heterocycles. The lowest BCUT2D eigenvalue weighted by atomic mass is 10.0. The molecule has 0 saturated carbocycles. The first-order chi connectivity index (χ1) is 18.9. The van der Waals surface area contributed by atoms with E-state index in [4.69, 9.17) is 9.47 Å². The molecule has 1 atom stereocenters. The number of alkyl halides is 3. The minimum absolute atomic E-state index is 0.146. The molecule has 0 bridgehead atoms. The number of ether oxygens (including phenoxy) is 2. The highest BCUT2D eigenvalue weighted by atomic mass is 32.1. The summed E-state index contributed by atoms with van der Waals surface area (Å²) in [4.78, 5) is 13.0. The minimum Gasteiger partial charge on any atom is -0.478 e. The molecule has 4 rings (SSSR count). The third-order valence-electron chi connectivity index (χ3n) is 6.31. The number of thiophene rings is 1. The largest absolute Gasteiger partial charge is 0.478 e. The molecule has 0 fully saturated rings. The van der Waals surface area contributed by atoms with Crippen molar-refractivity contribution in [3.05, 3.63) is 112 Å². The molecule has 0 aliphatic heterocycles. The van der Waals surface area contributed by atoms with E-state index in [2.05, 4.69) is 0 Å². The summed E-state index contributed by atoms with van der Waals surface area (Å²) < 4.78 is 65.2. The lowest BCUT2D eigenvalue weighted by Crippen LogP contribution is -2.38. The average molecular weight is 573 g/mol. The summed E-state index contributed by atoms with van der Waals surface area (Å²) in [6.45, 7) is 3.04. The van der Waals surface area contributed by atoms with Crippen LogP contribution in [0.25, 0.3) is 10.4 Å². The summed E-state index contributed by atoms with van der Waals surface area (Å²) in [5.74, 6) is -2.01. The summed E-state index contributed by atoms with van der Waals surface area (Å²) in [6, 6.07) is 22.9. The van der Waals surface area contributed by atoms with Crippen molar-refractivity contribution in [3.8, 4) is 16.2 Å². The van der Waals surface area contributed by atoms with E-state index in [0.29, 0.717) is 30.6 Å². The van der Waals surface area contributed by atoms with Gasteiger partial charge in [-0.15, -0.1) is 11.3 Å². The van der Waals surface area contributed by atoms with Crippen molar-refractivity contribution in [2.45, 2.75) is 51.2 Å². The highest BCUT2D eigenvalue weighted by molar-refractivity contribution is 7.15. The van der Waals surface area contributed by atoms with Crippen LogP contribution in [0, 0.1) is 5.82 Å². The number of carboxylic acids is 1. The molecule has 3 aromatic carbocycles. The summed E-state index contributed by atoms with van der Waals surface area (Å²) in [6.07, 6.45) is -3.77. The number of carbonyl (C=O) groups is 1. The maximum absolute atomic E-state index is 14.7. The van der Waals surface area contributed by atoms with Gasteiger partial charge in [-0.2, -0.15) is 13.2 Å². The predicted molar refractivity (Wildman–Crippen MR) is 146 cm³/mol. The van der Waals surface area contributed by atoms with Crippen LogP contribution in [-0.4, -0.2) is 16.7 Å². The standard InChI is InChI=1S/C31H28F4O4S/c1-30(2,29(36)37)39-25-14-8-20(18-24(25)32)9-15-26(38-19-21-6-4-3-5-7-21)28-17-16-27(40-28)22-10-12-23(13-11-22)31(33,34)35/h3-8,10-14,16-18,26H,9,15,19H2,1-2H3,(H,36,37). The Labute approximate surface area is 233 Å². The number of aryl methyl sites for hydroxylation is 1. The summed E-state index contributed by atoms with van der Waals surface area (Å²) in [5, 5.41) is 9.25. The number of hydrogen-bond acceptors (Lipinski definition) is 4. The second-order valence-corrected chi connectivity index (χ2v) is 10.9. The lowest BCUT2D eigenvalue weighted by molar-refractivity contribution is -0.152. The quantitative estimate of drug-likeness (QED) is 0.183. The fourth-order valence-corrected chi connectivity index (χ4v) is 5.08. The molecule has 0 spiro atoms. The molecule has 0 aliphatic rings. The van der Waals surface area contributed by atoms with Gasteiger partial charge in [-0.3, -0.25) is 0 Å². The second kappa shape index (κ2) is 12.2. The molecule has 4 aromatic rings. The number of hydrogen-bond donors (Lipinski definition) is 1. The predicted octanol–water partition coefficient (Wildman–Crippen LogP) is 8.71. The minimum atomic E-state index is -4.40. The van der Waals surface area contributed by atoms with Crippen LogP contribution < -0.4 is 4.74 Å². The van der Waals surface area contributed by atoms with E-state index >= 15 is 0 Å². The van der Waals surface area contributed by atoms with Gasteiger partial charge in [0.05, 0.1) is 18.3 Å². The fourth-order valence-electron chi connectivity index (χ4n) is 3.98. The lowest BCUT2D eigenvalue weighted by Gasteiger charge is -2.22. The van der Waals surface area contributed by atoms with Gasteiger partial charge in [0.25, 0.3) is 0 Å². The normalized spacial score (nSPS) is 12.8. The van der Waals surface area contributed by atoms with Crippen LogP contribution >= 0.6 is 11.3 Å². The van der Waals surface area contributed by atoms with Crippen molar-refractivity contribution in [1.29, 1.82) is 0 Å². The summed E-state index contributed by atoms with van der Waals surface area (Å²) in [7, 11) is 0. The molecule has 0 amide bonds. The van der Waals surface area contributed by atoms with Gasteiger partial charge in [-0.1, -0.05) is 48.5 Å². The number of halogens is 4. The summed E-state index contributed by atoms with van der Waals surface area (Å²) in [5.41, 5.74) is 0.0644. The molecule has 4 nitrogen and oxygen atoms in total. The van der Waals surface area contributed by atoms with E-state index in [1.807, 2.05) is 42.5 Å². The fraction of sp³-hybridized carbons (Fsp3) is 0.258. The van der Waals surface area contributed by atoms with Gasteiger partial charge in [0.1, 0.15) is 0 Å². The second-order valence-electron chi connectivity index (χ2n) is 9.78. The molecule has 1 aromatic heterocycles. The molecule has 0 radical (unpaired) electrons. The van der Waals surface area contributed by atoms with E-state index in [1.165, 1.54) is 49.4 Å². The van der Waals surface area contributed by atoms with E-state index in [9.17, 15) is 27.5 Å². The zero-order valence-electron chi connectivity index (χ0n) is 21.9. The maximum Gasteiger partial charge on any atom is 0.416 e. The van der Waals surface area contributed by atoms with Crippen LogP contribution in [0.1, 0.15) is 47.9 Å². The highest BCUT2D eigenvalue weighted by Crippen LogP contribution is 2.37. The van der Waals surface area contributed by atoms with Crippen molar-refractivity contribution in [3.63, 3.8) is 0 Å². The number of rotatable bonds is 11. The van der Waals surface area contributed by atoms with Gasteiger partial charge in [-0.05, 0) is 79.8 Å². The Morgan fingerprint density at radius 1 is 0.925 bits per heavy atom. The number of aliphatic carboxylic acids is 1. The van der Waals surface area contributed by atoms with Crippen LogP contribution in [-0.2, 0) is 28.7 Å². The van der Waals surface area contributed by atoms with Gasteiger partial charge in [0.15, 0.2) is 17.2 Å².